The summed E-state index contributed by atoms with van der Waals surface area (Å²) in [5, 5.41) is 6.73. The van der Waals surface area contributed by atoms with E-state index in [9.17, 15) is 18.8 Å². The van der Waals surface area contributed by atoms with Gasteiger partial charge < -0.3 is 10.1 Å². The SMILES string of the molecule is CCn1nc(C(=O)Nc2ccc(C(=O)OC)cc2)c(=O)c2cc(F)ccc21. The predicted octanol–water partition coefficient (Wildman–Crippen LogP) is 2.59. The minimum Gasteiger partial charge on any atom is -0.465 e. The molecule has 7 nitrogen and oxygen atoms in total. The van der Waals surface area contributed by atoms with E-state index < -0.39 is 23.1 Å². The van der Waals surface area contributed by atoms with Gasteiger partial charge in [0.05, 0.1) is 23.6 Å². The Bertz CT molecular complexity index is 1090. The van der Waals surface area contributed by atoms with Gasteiger partial charge >= 0.3 is 5.97 Å². The van der Waals surface area contributed by atoms with Gasteiger partial charge in [0.1, 0.15) is 5.82 Å². The number of hydrogen-bond acceptors (Lipinski definition) is 5. The molecular weight excluding hydrogens is 353 g/mol. The standard InChI is InChI=1S/C19H16FN3O4/c1-3-23-15-9-6-12(20)10-14(15)17(24)16(22-23)18(25)21-13-7-4-11(5-8-13)19(26)27-2/h4-10H,3H2,1-2H3,(H,21,25). The molecule has 0 saturated carbocycles. The number of anilines is 1. The van der Waals surface area contributed by atoms with Gasteiger partial charge in [-0.15, -0.1) is 0 Å². The Hall–Kier alpha value is -3.55. The molecule has 0 spiro atoms. The number of carbonyl (C=O) groups is 2. The largest absolute Gasteiger partial charge is 0.465 e. The molecule has 0 atom stereocenters. The molecule has 3 aromatic rings. The first-order valence-corrected chi connectivity index (χ1v) is 8.14. The summed E-state index contributed by atoms with van der Waals surface area (Å²) in [5.74, 6) is -1.80. The van der Waals surface area contributed by atoms with Crippen molar-refractivity contribution in [2.45, 2.75) is 13.5 Å². The molecule has 27 heavy (non-hydrogen) atoms. The maximum Gasteiger partial charge on any atom is 0.337 e. The highest BCUT2D eigenvalue weighted by molar-refractivity contribution is 6.04. The molecule has 8 heteroatoms. The number of nitrogens with zero attached hydrogens (tertiary/aromatic N) is 2. The number of benzene rings is 2. The zero-order valence-corrected chi connectivity index (χ0v) is 14.7. The van der Waals surface area contributed by atoms with E-state index in [-0.39, 0.29) is 11.1 Å². The third kappa shape index (κ3) is 3.55. The van der Waals surface area contributed by atoms with E-state index in [1.54, 1.807) is 6.92 Å². The van der Waals surface area contributed by atoms with E-state index in [4.69, 9.17) is 0 Å². The highest BCUT2D eigenvalue weighted by Gasteiger charge is 2.18. The lowest BCUT2D eigenvalue weighted by molar-refractivity contribution is 0.0600. The number of nitrogens with one attached hydrogen (secondary N) is 1. The van der Waals surface area contributed by atoms with Crippen LogP contribution in [0.3, 0.4) is 0 Å². The fraction of sp³-hybridized carbons (Fsp3) is 0.158. The second-order valence-corrected chi connectivity index (χ2v) is 5.68. The molecule has 0 fully saturated rings. The van der Waals surface area contributed by atoms with Gasteiger partial charge in [-0.3, -0.25) is 14.3 Å². The third-order valence-corrected chi connectivity index (χ3v) is 4.00. The zero-order chi connectivity index (χ0) is 19.6. The van der Waals surface area contributed by atoms with Crippen molar-refractivity contribution in [2.75, 3.05) is 12.4 Å². The fourth-order valence-electron chi connectivity index (χ4n) is 2.65. The van der Waals surface area contributed by atoms with Crippen molar-refractivity contribution in [3.63, 3.8) is 0 Å². The molecule has 0 radical (unpaired) electrons. The van der Waals surface area contributed by atoms with E-state index in [0.717, 1.165) is 6.07 Å². The first kappa shape index (κ1) is 18.2. The number of esters is 1. The molecule has 1 N–H and O–H groups in total. The van der Waals surface area contributed by atoms with Crippen molar-refractivity contribution in [1.82, 2.24) is 9.78 Å². The van der Waals surface area contributed by atoms with Crippen molar-refractivity contribution in [2.24, 2.45) is 0 Å². The molecule has 2 aromatic carbocycles. The smallest absolute Gasteiger partial charge is 0.337 e. The van der Waals surface area contributed by atoms with Crippen molar-refractivity contribution in [3.8, 4) is 0 Å². The minimum absolute atomic E-state index is 0.0815. The fourth-order valence-corrected chi connectivity index (χ4v) is 2.65. The van der Waals surface area contributed by atoms with Crippen LogP contribution in [0.25, 0.3) is 10.9 Å². The molecule has 0 unspecified atom stereocenters. The molecule has 3 rings (SSSR count). The Labute approximate surface area is 153 Å². The number of ether oxygens (including phenoxy) is 1. The number of hydrogen-bond donors (Lipinski definition) is 1. The normalized spacial score (nSPS) is 10.6. The summed E-state index contributed by atoms with van der Waals surface area (Å²) in [4.78, 5) is 36.6. The van der Waals surface area contributed by atoms with E-state index in [1.165, 1.54) is 48.2 Å². The van der Waals surface area contributed by atoms with Crippen LogP contribution in [0.1, 0.15) is 27.8 Å². The molecule has 1 amide bonds. The Morgan fingerprint density at radius 2 is 1.89 bits per heavy atom. The van der Waals surface area contributed by atoms with Crippen LogP contribution in [-0.4, -0.2) is 28.8 Å². The number of aryl methyl sites for hydroxylation is 1. The first-order valence-electron chi connectivity index (χ1n) is 8.14. The van der Waals surface area contributed by atoms with Crippen LogP contribution in [-0.2, 0) is 11.3 Å². The summed E-state index contributed by atoms with van der Waals surface area (Å²) in [6.45, 7) is 2.20. The summed E-state index contributed by atoms with van der Waals surface area (Å²) in [6.07, 6.45) is 0. The maximum absolute atomic E-state index is 13.6. The number of carbonyl (C=O) groups excluding carboxylic acids is 2. The Balaban J connectivity index is 1.97. The molecule has 1 heterocycles. The van der Waals surface area contributed by atoms with Crippen LogP contribution in [0, 0.1) is 5.82 Å². The predicted molar refractivity (Wildman–Crippen MR) is 97.4 cm³/mol. The third-order valence-electron chi connectivity index (χ3n) is 4.00. The van der Waals surface area contributed by atoms with Crippen LogP contribution in [0.5, 0.6) is 0 Å². The Morgan fingerprint density at radius 1 is 1.19 bits per heavy atom. The zero-order valence-electron chi connectivity index (χ0n) is 14.7. The molecule has 0 aliphatic heterocycles. The van der Waals surface area contributed by atoms with Gasteiger partial charge in [0.15, 0.2) is 5.69 Å². The number of rotatable bonds is 4. The highest BCUT2D eigenvalue weighted by atomic mass is 19.1. The van der Waals surface area contributed by atoms with Gasteiger partial charge in [-0.1, -0.05) is 0 Å². The van der Waals surface area contributed by atoms with Crippen LogP contribution in [0.15, 0.2) is 47.3 Å². The molecule has 0 aliphatic carbocycles. The van der Waals surface area contributed by atoms with Crippen molar-refractivity contribution in [1.29, 1.82) is 0 Å². The topological polar surface area (TPSA) is 90.3 Å². The van der Waals surface area contributed by atoms with Crippen molar-refractivity contribution in [3.05, 3.63) is 69.8 Å². The number of amides is 1. The molecule has 0 aliphatic rings. The monoisotopic (exact) mass is 369 g/mol. The second-order valence-electron chi connectivity index (χ2n) is 5.68. The van der Waals surface area contributed by atoms with Gasteiger partial charge in [-0.2, -0.15) is 5.10 Å². The summed E-state index contributed by atoms with van der Waals surface area (Å²) < 4.78 is 19.6. The van der Waals surface area contributed by atoms with E-state index >= 15 is 0 Å². The average Bonchev–Trinajstić information content (AvgIpc) is 2.68. The van der Waals surface area contributed by atoms with Gasteiger partial charge in [0, 0.05) is 12.2 Å². The number of methoxy groups -OCH3 is 1. The number of fused-ring (bicyclic) bond motifs is 1. The molecule has 0 saturated heterocycles. The quantitative estimate of drug-likeness (QED) is 0.714. The average molecular weight is 369 g/mol. The van der Waals surface area contributed by atoms with E-state index in [2.05, 4.69) is 15.2 Å². The van der Waals surface area contributed by atoms with Gasteiger partial charge in [0.2, 0.25) is 5.43 Å². The first-order chi connectivity index (χ1) is 12.9. The lowest BCUT2D eigenvalue weighted by Crippen LogP contribution is -2.27. The van der Waals surface area contributed by atoms with Gasteiger partial charge in [-0.05, 0) is 49.4 Å². The number of halogens is 1. The molecule has 0 bridgehead atoms. The molecule has 138 valence electrons. The lowest BCUT2D eigenvalue weighted by Gasteiger charge is -2.11. The van der Waals surface area contributed by atoms with Crippen LogP contribution >= 0.6 is 0 Å². The Kier molecular flexibility index (Phi) is 4.98. The summed E-state index contributed by atoms with van der Waals surface area (Å²) >= 11 is 0. The van der Waals surface area contributed by atoms with Crippen LogP contribution in [0.4, 0.5) is 10.1 Å². The second kappa shape index (κ2) is 7.36. The van der Waals surface area contributed by atoms with Gasteiger partial charge in [-0.25, -0.2) is 9.18 Å². The van der Waals surface area contributed by atoms with E-state index in [1.807, 2.05) is 0 Å². The van der Waals surface area contributed by atoms with Crippen LogP contribution in [0.2, 0.25) is 0 Å². The minimum atomic E-state index is -0.723. The molecular formula is C19H16FN3O4. The summed E-state index contributed by atoms with van der Waals surface area (Å²) in [7, 11) is 1.27. The van der Waals surface area contributed by atoms with Gasteiger partial charge in [0.25, 0.3) is 5.91 Å². The van der Waals surface area contributed by atoms with Crippen LogP contribution < -0.4 is 10.7 Å². The van der Waals surface area contributed by atoms with E-state index in [0.29, 0.717) is 23.3 Å². The number of aromatic nitrogens is 2. The summed E-state index contributed by atoms with van der Waals surface area (Å²) in [6, 6.07) is 9.75. The molecule has 1 aromatic heterocycles. The lowest BCUT2D eigenvalue weighted by atomic mass is 10.1. The van der Waals surface area contributed by atoms with Crippen molar-refractivity contribution >= 4 is 28.5 Å². The van der Waals surface area contributed by atoms with Crippen molar-refractivity contribution < 1.29 is 18.7 Å². The Morgan fingerprint density at radius 3 is 2.52 bits per heavy atom. The highest BCUT2D eigenvalue weighted by Crippen LogP contribution is 2.14. The summed E-state index contributed by atoms with van der Waals surface area (Å²) in [5.41, 5.74) is 0.146. The maximum atomic E-state index is 13.6.